The SMILES string of the molecule is Cc1ccsc1C(O)c1ccc(N(C)C)cc1. The Morgan fingerprint density at radius 1 is 1.12 bits per heavy atom. The molecule has 2 nitrogen and oxygen atoms in total. The molecule has 1 heterocycles. The summed E-state index contributed by atoms with van der Waals surface area (Å²) >= 11 is 1.60. The highest BCUT2D eigenvalue weighted by molar-refractivity contribution is 7.10. The van der Waals surface area contributed by atoms with Crippen LogP contribution in [-0.4, -0.2) is 19.2 Å². The summed E-state index contributed by atoms with van der Waals surface area (Å²) in [6.45, 7) is 2.03. The van der Waals surface area contributed by atoms with Gasteiger partial charge in [0.1, 0.15) is 6.10 Å². The maximum Gasteiger partial charge on any atom is 0.113 e. The topological polar surface area (TPSA) is 23.5 Å². The first kappa shape index (κ1) is 12.1. The van der Waals surface area contributed by atoms with E-state index in [4.69, 9.17) is 0 Å². The first-order valence-electron chi connectivity index (χ1n) is 5.59. The standard InChI is InChI=1S/C14H17NOS/c1-10-8-9-17-14(10)13(16)11-4-6-12(7-5-11)15(2)3/h4-9,13,16H,1-3H3. The van der Waals surface area contributed by atoms with Crippen LogP contribution in [0.15, 0.2) is 35.7 Å². The van der Waals surface area contributed by atoms with Gasteiger partial charge < -0.3 is 10.0 Å². The molecule has 0 saturated heterocycles. The zero-order valence-corrected chi connectivity index (χ0v) is 11.2. The number of anilines is 1. The Labute approximate surface area is 106 Å². The Morgan fingerprint density at radius 3 is 2.24 bits per heavy atom. The molecule has 17 heavy (non-hydrogen) atoms. The molecule has 1 unspecified atom stereocenters. The third kappa shape index (κ3) is 2.51. The Hall–Kier alpha value is -1.32. The van der Waals surface area contributed by atoms with Gasteiger partial charge in [0.15, 0.2) is 0 Å². The first-order valence-corrected chi connectivity index (χ1v) is 6.47. The van der Waals surface area contributed by atoms with Crippen LogP contribution in [0.4, 0.5) is 5.69 Å². The molecule has 0 radical (unpaired) electrons. The Kier molecular flexibility index (Phi) is 3.50. The molecular formula is C14H17NOS. The van der Waals surface area contributed by atoms with Crippen LogP contribution in [0, 0.1) is 6.92 Å². The molecule has 0 aliphatic carbocycles. The quantitative estimate of drug-likeness (QED) is 0.900. The fraction of sp³-hybridized carbons (Fsp3) is 0.286. The van der Waals surface area contributed by atoms with E-state index in [1.54, 1.807) is 11.3 Å². The maximum absolute atomic E-state index is 10.3. The van der Waals surface area contributed by atoms with E-state index in [9.17, 15) is 5.11 Å². The highest BCUT2D eigenvalue weighted by Gasteiger charge is 2.13. The van der Waals surface area contributed by atoms with Crippen LogP contribution in [-0.2, 0) is 0 Å². The summed E-state index contributed by atoms with van der Waals surface area (Å²) in [7, 11) is 4.02. The molecule has 2 aromatic rings. The number of hydrogen-bond donors (Lipinski definition) is 1. The number of aryl methyl sites for hydroxylation is 1. The van der Waals surface area contributed by atoms with Crippen molar-refractivity contribution in [3.63, 3.8) is 0 Å². The van der Waals surface area contributed by atoms with Crippen molar-refractivity contribution < 1.29 is 5.11 Å². The van der Waals surface area contributed by atoms with Crippen molar-refractivity contribution in [2.45, 2.75) is 13.0 Å². The van der Waals surface area contributed by atoms with E-state index < -0.39 is 6.10 Å². The smallest absolute Gasteiger partial charge is 0.113 e. The number of hydrogen-bond acceptors (Lipinski definition) is 3. The first-order chi connectivity index (χ1) is 8.09. The zero-order valence-electron chi connectivity index (χ0n) is 10.3. The van der Waals surface area contributed by atoms with Crippen LogP contribution < -0.4 is 4.90 Å². The largest absolute Gasteiger partial charge is 0.383 e. The average molecular weight is 247 g/mol. The van der Waals surface area contributed by atoms with Crippen molar-refractivity contribution in [3.05, 3.63) is 51.7 Å². The molecule has 0 saturated carbocycles. The van der Waals surface area contributed by atoms with Crippen molar-refractivity contribution >= 4 is 17.0 Å². The molecule has 1 N–H and O–H groups in total. The van der Waals surface area contributed by atoms with E-state index in [2.05, 4.69) is 0 Å². The average Bonchev–Trinajstić information content (AvgIpc) is 2.74. The lowest BCUT2D eigenvalue weighted by Crippen LogP contribution is -2.08. The van der Waals surface area contributed by atoms with Crippen molar-refractivity contribution in [2.24, 2.45) is 0 Å². The molecule has 90 valence electrons. The van der Waals surface area contributed by atoms with E-state index in [-0.39, 0.29) is 0 Å². The third-order valence-electron chi connectivity index (χ3n) is 2.88. The monoisotopic (exact) mass is 247 g/mol. The van der Waals surface area contributed by atoms with E-state index in [1.807, 2.05) is 61.6 Å². The molecule has 0 spiro atoms. The molecule has 0 aliphatic rings. The maximum atomic E-state index is 10.3. The number of thiophene rings is 1. The molecular weight excluding hydrogens is 230 g/mol. The van der Waals surface area contributed by atoms with Crippen LogP contribution in [0.5, 0.6) is 0 Å². The summed E-state index contributed by atoms with van der Waals surface area (Å²) in [4.78, 5) is 3.08. The molecule has 0 amide bonds. The second-order valence-electron chi connectivity index (χ2n) is 4.36. The van der Waals surface area contributed by atoms with Crippen molar-refractivity contribution in [1.82, 2.24) is 0 Å². The van der Waals surface area contributed by atoms with Gasteiger partial charge in [-0.1, -0.05) is 12.1 Å². The van der Waals surface area contributed by atoms with Gasteiger partial charge in [-0.3, -0.25) is 0 Å². The number of benzene rings is 1. The number of aliphatic hydroxyl groups excluding tert-OH is 1. The van der Waals surface area contributed by atoms with Gasteiger partial charge in [-0.2, -0.15) is 0 Å². The van der Waals surface area contributed by atoms with Gasteiger partial charge in [-0.25, -0.2) is 0 Å². The predicted molar refractivity (Wildman–Crippen MR) is 73.9 cm³/mol. The number of nitrogens with zero attached hydrogens (tertiary/aromatic N) is 1. The fourth-order valence-electron chi connectivity index (χ4n) is 1.77. The van der Waals surface area contributed by atoms with Gasteiger partial charge in [-0.05, 0) is 41.6 Å². The summed E-state index contributed by atoms with van der Waals surface area (Å²) in [6, 6.07) is 10.1. The Morgan fingerprint density at radius 2 is 1.76 bits per heavy atom. The third-order valence-corrected chi connectivity index (χ3v) is 3.95. The second-order valence-corrected chi connectivity index (χ2v) is 5.30. The minimum Gasteiger partial charge on any atom is -0.383 e. The Bertz CT molecular complexity index is 487. The normalized spacial score (nSPS) is 12.5. The van der Waals surface area contributed by atoms with Gasteiger partial charge in [0, 0.05) is 24.7 Å². The van der Waals surface area contributed by atoms with Gasteiger partial charge >= 0.3 is 0 Å². The summed E-state index contributed by atoms with van der Waals surface area (Å²) in [5, 5.41) is 12.3. The van der Waals surface area contributed by atoms with E-state index in [1.165, 1.54) is 0 Å². The highest BCUT2D eigenvalue weighted by Crippen LogP contribution is 2.29. The Balaban J connectivity index is 2.26. The molecule has 3 heteroatoms. The molecule has 0 bridgehead atoms. The molecule has 1 aromatic heterocycles. The van der Waals surface area contributed by atoms with Crippen LogP contribution in [0.25, 0.3) is 0 Å². The zero-order chi connectivity index (χ0) is 12.4. The van der Waals surface area contributed by atoms with Crippen LogP contribution in [0.2, 0.25) is 0 Å². The van der Waals surface area contributed by atoms with E-state index in [0.717, 1.165) is 21.7 Å². The number of aliphatic hydroxyl groups is 1. The van der Waals surface area contributed by atoms with Crippen molar-refractivity contribution in [3.8, 4) is 0 Å². The molecule has 1 atom stereocenters. The molecule has 0 fully saturated rings. The number of rotatable bonds is 3. The summed E-state index contributed by atoms with van der Waals surface area (Å²) in [6.07, 6.45) is -0.508. The predicted octanol–water partition coefficient (Wildman–Crippen LogP) is 3.20. The molecule has 0 aliphatic heterocycles. The van der Waals surface area contributed by atoms with Crippen LogP contribution in [0.1, 0.15) is 22.1 Å². The summed E-state index contributed by atoms with van der Waals surface area (Å²) < 4.78 is 0. The van der Waals surface area contributed by atoms with E-state index in [0.29, 0.717) is 0 Å². The van der Waals surface area contributed by atoms with E-state index >= 15 is 0 Å². The summed E-state index contributed by atoms with van der Waals surface area (Å²) in [5.74, 6) is 0. The molecule has 1 aromatic carbocycles. The van der Waals surface area contributed by atoms with Gasteiger partial charge in [0.05, 0.1) is 0 Å². The van der Waals surface area contributed by atoms with Crippen LogP contribution in [0.3, 0.4) is 0 Å². The fourth-order valence-corrected chi connectivity index (χ4v) is 2.71. The minimum absolute atomic E-state index is 0.508. The lowest BCUT2D eigenvalue weighted by Gasteiger charge is -2.15. The van der Waals surface area contributed by atoms with Gasteiger partial charge in [0.25, 0.3) is 0 Å². The minimum atomic E-state index is -0.508. The molecule has 2 rings (SSSR count). The second kappa shape index (κ2) is 4.90. The summed E-state index contributed by atoms with van der Waals surface area (Å²) in [5.41, 5.74) is 3.24. The highest BCUT2D eigenvalue weighted by atomic mass is 32.1. The lowest BCUT2D eigenvalue weighted by molar-refractivity contribution is 0.223. The van der Waals surface area contributed by atoms with Crippen molar-refractivity contribution in [2.75, 3.05) is 19.0 Å². The lowest BCUT2D eigenvalue weighted by atomic mass is 10.1. The van der Waals surface area contributed by atoms with Gasteiger partial charge in [0.2, 0.25) is 0 Å². The van der Waals surface area contributed by atoms with Crippen molar-refractivity contribution in [1.29, 1.82) is 0 Å². The van der Waals surface area contributed by atoms with Crippen LogP contribution >= 0.6 is 11.3 Å². The van der Waals surface area contributed by atoms with Gasteiger partial charge in [-0.15, -0.1) is 11.3 Å².